The number of aromatic nitrogens is 2. The maximum atomic E-state index is 12.3. The highest BCUT2D eigenvalue weighted by atomic mass is 16.5. The van der Waals surface area contributed by atoms with Crippen molar-refractivity contribution in [2.75, 3.05) is 6.61 Å². The number of hydrogen-bond acceptors (Lipinski definition) is 4. The number of rotatable bonds is 5. The van der Waals surface area contributed by atoms with Crippen LogP contribution >= 0.6 is 0 Å². The van der Waals surface area contributed by atoms with Crippen LogP contribution in [0.3, 0.4) is 0 Å². The molecule has 5 nitrogen and oxygen atoms in total. The molecule has 0 spiro atoms. The largest absolute Gasteiger partial charge is 0.465 e. The number of hydrogen-bond donors (Lipinski definition) is 0. The molecule has 0 saturated carbocycles. The Hall–Kier alpha value is -1.65. The fraction of sp³-hybridized carbons (Fsp3) is 0.643. The van der Waals surface area contributed by atoms with E-state index in [9.17, 15) is 9.59 Å². The van der Waals surface area contributed by atoms with Crippen LogP contribution in [-0.2, 0) is 20.9 Å². The summed E-state index contributed by atoms with van der Waals surface area (Å²) in [6, 6.07) is 0. The zero-order chi connectivity index (χ0) is 14.8. The summed E-state index contributed by atoms with van der Waals surface area (Å²) in [5.74, 6) is -0.685. The minimum Gasteiger partial charge on any atom is -0.465 e. The highest BCUT2D eigenvalue weighted by Gasteiger charge is 2.37. The third kappa shape index (κ3) is 3.03. The first-order valence-corrected chi connectivity index (χ1v) is 6.43. The van der Waals surface area contributed by atoms with Gasteiger partial charge in [0.25, 0.3) is 0 Å². The summed E-state index contributed by atoms with van der Waals surface area (Å²) in [6.07, 6.45) is 0. The molecule has 0 saturated heterocycles. The van der Waals surface area contributed by atoms with Gasteiger partial charge in [-0.15, -0.1) is 0 Å². The lowest BCUT2D eigenvalue weighted by Crippen LogP contribution is -2.37. The van der Waals surface area contributed by atoms with Crippen LogP contribution in [0.15, 0.2) is 0 Å². The molecule has 19 heavy (non-hydrogen) atoms. The van der Waals surface area contributed by atoms with Gasteiger partial charge in [0.15, 0.2) is 5.78 Å². The minimum absolute atomic E-state index is 0.0896. The van der Waals surface area contributed by atoms with E-state index in [1.807, 2.05) is 20.8 Å². The molecule has 0 aliphatic heterocycles. The van der Waals surface area contributed by atoms with Crippen molar-refractivity contribution in [1.29, 1.82) is 0 Å². The summed E-state index contributed by atoms with van der Waals surface area (Å²) in [5, 5.41) is 4.31. The molecule has 0 radical (unpaired) electrons. The first-order valence-electron chi connectivity index (χ1n) is 6.43. The molecule has 0 N–H and O–H groups in total. The van der Waals surface area contributed by atoms with Gasteiger partial charge < -0.3 is 4.74 Å². The second-order valence-corrected chi connectivity index (χ2v) is 5.22. The number of aryl methyl sites for hydroxylation is 1. The third-order valence-electron chi connectivity index (χ3n) is 3.52. The number of nitrogens with zero attached hydrogens (tertiary/aromatic N) is 2. The molecule has 1 aromatic heterocycles. The average Bonchev–Trinajstić information content (AvgIpc) is 2.57. The molecular weight excluding hydrogens is 244 g/mol. The van der Waals surface area contributed by atoms with Gasteiger partial charge in [0, 0.05) is 5.69 Å². The number of Topliss-reactive ketones (excluding diaryl/α,β-unsaturated/α-hetero) is 1. The Kier molecular flexibility index (Phi) is 4.50. The molecule has 0 aliphatic rings. The Morgan fingerprint density at radius 2 is 1.84 bits per heavy atom. The van der Waals surface area contributed by atoms with Crippen molar-refractivity contribution in [1.82, 2.24) is 9.78 Å². The van der Waals surface area contributed by atoms with E-state index in [1.54, 1.807) is 25.5 Å². The van der Waals surface area contributed by atoms with Crippen molar-refractivity contribution < 1.29 is 14.3 Å². The summed E-state index contributed by atoms with van der Waals surface area (Å²) in [4.78, 5) is 24.0. The van der Waals surface area contributed by atoms with Crippen molar-refractivity contribution in [3.63, 3.8) is 0 Å². The summed E-state index contributed by atoms with van der Waals surface area (Å²) < 4.78 is 6.58. The monoisotopic (exact) mass is 266 g/mol. The van der Waals surface area contributed by atoms with Crippen LogP contribution in [0.1, 0.15) is 37.7 Å². The lowest BCUT2D eigenvalue weighted by Gasteiger charge is -2.21. The van der Waals surface area contributed by atoms with Gasteiger partial charge in [0.1, 0.15) is 12.0 Å². The first-order chi connectivity index (χ1) is 8.71. The number of ketones is 1. The Bertz CT molecular complexity index is 501. The van der Waals surface area contributed by atoms with E-state index in [0.717, 1.165) is 17.0 Å². The van der Waals surface area contributed by atoms with Gasteiger partial charge in [-0.2, -0.15) is 5.10 Å². The Morgan fingerprint density at radius 1 is 1.26 bits per heavy atom. The van der Waals surface area contributed by atoms with Gasteiger partial charge >= 0.3 is 5.97 Å². The first kappa shape index (κ1) is 15.4. The SMILES string of the molecule is CCOC(=O)C(C)(C)C(=O)Cn1nc(C)c(C)c1C. The van der Waals surface area contributed by atoms with Gasteiger partial charge in [0.05, 0.1) is 12.3 Å². The van der Waals surface area contributed by atoms with Gasteiger partial charge in [-0.25, -0.2) is 0 Å². The number of carbonyl (C=O) groups excluding carboxylic acids is 2. The predicted molar refractivity (Wildman–Crippen MR) is 71.9 cm³/mol. The van der Waals surface area contributed by atoms with Crippen molar-refractivity contribution >= 4 is 11.8 Å². The Morgan fingerprint density at radius 3 is 2.26 bits per heavy atom. The van der Waals surface area contributed by atoms with E-state index >= 15 is 0 Å². The van der Waals surface area contributed by atoms with E-state index < -0.39 is 11.4 Å². The van der Waals surface area contributed by atoms with Gasteiger partial charge in [-0.05, 0) is 47.1 Å². The fourth-order valence-electron chi connectivity index (χ4n) is 1.70. The number of ether oxygens (including phenoxy) is 1. The predicted octanol–water partition coefficient (Wildman–Crippen LogP) is 1.97. The smallest absolute Gasteiger partial charge is 0.319 e. The van der Waals surface area contributed by atoms with E-state index in [0.29, 0.717) is 0 Å². The standard InChI is InChI=1S/C14H22N2O3/c1-7-19-13(18)14(5,6)12(17)8-16-11(4)9(2)10(3)15-16/h7-8H2,1-6H3. The summed E-state index contributed by atoms with van der Waals surface area (Å²) in [7, 11) is 0. The minimum atomic E-state index is -1.14. The van der Waals surface area contributed by atoms with Crippen LogP contribution in [0.25, 0.3) is 0 Å². The van der Waals surface area contributed by atoms with Crippen LogP contribution in [0.5, 0.6) is 0 Å². The second-order valence-electron chi connectivity index (χ2n) is 5.22. The highest BCUT2D eigenvalue weighted by molar-refractivity contribution is 6.02. The maximum absolute atomic E-state index is 12.3. The van der Waals surface area contributed by atoms with Crippen LogP contribution < -0.4 is 0 Å². The quantitative estimate of drug-likeness (QED) is 0.604. The van der Waals surface area contributed by atoms with Crippen LogP contribution in [0.4, 0.5) is 0 Å². The van der Waals surface area contributed by atoms with E-state index in [1.165, 1.54) is 0 Å². The molecular formula is C14H22N2O3. The zero-order valence-corrected chi connectivity index (χ0v) is 12.5. The molecule has 1 heterocycles. The van der Waals surface area contributed by atoms with E-state index in [2.05, 4.69) is 5.10 Å². The molecule has 1 rings (SSSR count). The molecule has 0 aliphatic carbocycles. The Labute approximate surface area is 113 Å². The fourth-order valence-corrected chi connectivity index (χ4v) is 1.70. The molecule has 0 aromatic carbocycles. The molecule has 0 unspecified atom stereocenters. The average molecular weight is 266 g/mol. The third-order valence-corrected chi connectivity index (χ3v) is 3.52. The lowest BCUT2D eigenvalue weighted by molar-refractivity contribution is -0.158. The van der Waals surface area contributed by atoms with Crippen LogP contribution in [0.2, 0.25) is 0 Å². The summed E-state index contributed by atoms with van der Waals surface area (Å²) in [6.45, 7) is 11.1. The number of esters is 1. The maximum Gasteiger partial charge on any atom is 0.319 e. The molecule has 0 amide bonds. The normalized spacial score (nSPS) is 11.5. The molecule has 106 valence electrons. The van der Waals surface area contributed by atoms with Crippen LogP contribution in [0, 0.1) is 26.2 Å². The summed E-state index contributed by atoms with van der Waals surface area (Å²) in [5.41, 5.74) is 1.78. The highest BCUT2D eigenvalue weighted by Crippen LogP contribution is 2.21. The van der Waals surface area contributed by atoms with Gasteiger partial charge in [0.2, 0.25) is 0 Å². The number of carbonyl (C=O) groups is 2. The molecule has 5 heteroatoms. The van der Waals surface area contributed by atoms with Crippen LogP contribution in [-0.4, -0.2) is 28.1 Å². The van der Waals surface area contributed by atoms with E-state index in [-0.39, 0.29) is 18.9 Å². The van der Waals surface area contributed by atoms with Crippen molar-refractivity contribution in [2.24, 2.45) is 5.41 Å². The topological polar surface area (TPSA) is 61.2 Å². The molecule has 0 fully saturated rings. The molecule has 0 atom stereocenters. The van der Waals surface area contributed by atoms with Gasteiger partial charge in [-0.3, -0.25) is 14.3 Å². The van der Waals surface area contributed by atoms with E-state index in [4.69, 9.17) is 4.74 Å². The van der Waals surface area contributed by atoms with Crippen molar-refractivity contribution in [2.45, 2.75) is 48.1 Å². The lowest BCUT2D eigenvalue weighted by atomic mass is 9.88. The molecule has 0 bridgehead atoms. The molecule has 1 aromatic rings. The second kappa shape index (κ2) is 5.55. The zero-order valence-electron chi connectivity index (χ0n) is 12.5. The van der Waals surface area contributed by atoms with Crippen molar-refractivity contribution in [3.05, 3.63) is 17.0 Å². The Balaban J connectivity index is 2.90. The summed E-state index contributed by atoms with van der Waals surface area (Å²) >= 11 is 0. The van der Waals surface area contributed by atoms with Crippen molar-refractivity contribution in [3.8, 4) is 0 Å². The van der Waals surface area contributed by atoms with Gasteiger partial charge in [-0.1, -0.05) is 0 Å².